The molecule has 2 aromatic heterocycles. The normalized spacial score (nSPS) is 18.8. The van der Waals surface area contributed by atoms with Crippen molar-refractivity contribution in [2.24, 2.45) is 0 Å². The number of rotatable bonds is 9. The van der Waals surface area contributed by atoms with E-state index < -0.39 is 17.6 Å². The lowest BCUT2D eigenvalue weighted by Gasteiger charge is -2.36. The molecule has 0 bridgehead atoms. The number of likely N-dealkylation sites (tertiary alicyclic amines) is 1. The number of hydrogen-bond acceptors (Lipinski definition) is 6. The number of carbonyl (C=O) groups is 1. The fourth-order valence-electron chi connectivity index (χ4n) is 5.71. The number of imidazole rings is 1. The van der Waals surface area contributed by atoms with E-state index in [0.29, 0.717) is 12.4 Å². The van der Waals surface area contributed by atoms with Gasteiger partial charge in [-0.3, -0.25) is 4.90 Å². The van der Waals surface area contributed by atoms with Gasteiger partial charge in [0.1, 0.15) is 24.1 Å². The minimum absolute atomic E-state index is 0.0282. The third kappa shape index (κ3) is 5.80. The smallest absolute Gasteiger partial charge is 0.335 e. The SMILES string of the molecule is C[C@@H](c1nc2ccc(C(=O)O)cc2n1C[C@@H]1CCO1)N1CCC(c2cccc(OCc3cc(F)ccc3F)n2)CC1. The van der Waals surface area contributed by atoms with Gasteiger partial charge in [-0.05, 0) is 81.7 Å². The first kappa shape index (κ1) is 27.3. The van der Waals surface area contributed by atoms with E-state index in [1.807, 2.05) is 12.1 Å². The maximum absolute atomic E-state index is 14.0. The molecule has 4 heterocycles. The minimum Gasteiger partial charge on any atom is -0.478 e. The largest absolute Gasteiger partial charge is 0.478 e. The molecule has 2 atom stereocenters. The Labute approximate surface area is 236 Å². The van der Waals surface area contributed by atoms with Gasteiger partial charge in [0.05, 0.1) is 35.3 Å². The van der Waals surface area contributed by atoms with Gasteiger partial charge in [-0.25, -0.2) is 23.5 Å². The lowest BCUT2D eigenvalue weighted by atomic mass is 9.92. The van der Waals surface area contributed by atoms with E-state index in [4.69, 9.17) is 14.5 Å². The van der Waals surface area contributed by atoms with E-state index in [1.165, 1.54) is 0 Å². The zero-order valence-electron chi connectivity index (χ0n) is 22.8. The number of hydrogen-bond donors (Lipinski definition) is 1. The van der Waals surface area contributed by atoms with Gasteiger partial charge in [0.2, 0.25) is 5.88 Å². The van der Waals surface area contributed by atoms with Crippen LogP contribution in [-0.4, -0.2) is 56.3 Å². The van der Waals surface area contributed by atoms with Crippen molar-refractivity contribution in [3.8, 4) is 5.88 Å². The average molecular weight is 563 g/mol. The number of carboxylic acids is 1. The van der Waals surface area contributed by atoms with Gasteiger partial charge in [0.15, 0.2) is 0 Å². The third-order valence-corrected chi connectivity index (χ3v) is 8.20. The monoisotopic (exact) mass is 562 g/mol. The molecule has 214 valence electrons. The maximum atomic E-state index is 14.0. The Morgan fingerprint density at radius 2 is 1.90 bits per heavy atom. The zero-order chi connectivity index (χ0) is 28.5. The summed E-state index contributed by atoms with van der Waals surface area (Å²) in [6.07, 6.45) is 2.88. The number of halogens is 2. The minimum atomic E-state index is -0.958. The number of ether oxygens (including phenoxy) is 2. The molecule has 2 aromatic carbocycles. The summed E-state index contributed by atoms with van der Waals surface area (Å²) in [5, 5.41) is 9.53. The molecular weight excluding hydrogens is 530 g/mol. The molecule has 6 rings (SSSR count). The molecule has 10 heteroatoms. The molecule has 0 unspecified atom stereocenters. The standard InChI is InChI=1S/C31H32F2N4O4/c1-19(30-35-27-8-5-21(31(38)39)16-28(27)37(30)17-24-11-14-40-24)36-12-9-20(10-13-36)26-3-2-4-29(34-26)41-18-22-15-23(32)6-7-25(22)33/h2-8,15-16,19-20,24H,9-14,17-18H2,1H3,(H,38,39)/t19-,24-/m0/s1. The second-order valence-corrected chi connectivity index (χ2v) is 10.8. The van der Waals surface area contributed by atoms with E-state index in [2.05, 4.69) is 21.4 Å². The fourth-order valence-corrected chi connectivity index (χ4v) is 5.71. The number of nitrogens with zero attached hydrogens (tertiary/aromatic N) is 4. The Morgan fingerprint density at radius 1 is 1.10 bits per heavy atom. The average Bonchev–Trinajstić information content (AvgIpc) is 3.32. The third-order valence-electron chi connectivity index (χ3n) is 8.20. The molecule has 0 spiro atoms. The van der Waals surface area contributed by atoms with Gasteiger partial charge in [-0.2, -0.15) is 0 Å². The molecule has 2 aliphatic heterocycles. The van der Waals surface area contributed by atoms with E-state index in [1.54, 1.807) is 24.3 Å². The summed E-state index contributed by atoms with van der Waals surface area (Å²) in [6, 6.07) is 14.0. The van der Waals surface area contributed by atoms with Gasteiger partial charge in [0, 0.05) is 29.8 Å². The van der Waals surface area contributed by atoms with Crippen LogP contribution >= 0.6 is 0 Å². The van der Waals surface area contributed by atoms with Crippen molar-refractivity contribution in [3.05, 3.63) is 88.9 Å². The summed E-state index contributed by atoms with van der Waals surface area (Å²) >= 11 is 0. The predicted molar refractivity (Wildman–Crippen MR) is 148 cm³/mol. The number of aromatic carboxylic acids is 1. The van der Waals surface area contributed by atoms with Gasteiger partial charge < -0.3 is 19.1 Å². The summed E-state index contributed by atoms with van der Waals surface area (Å²) in [7, 11) is 0. The van der Waals surface area contributed by atoms with Crippen LogP contribution in [0, 0.1) is 11.6 Å². The topological polar surface area (TPSA) is 89.7 Å². The lowest BCUT2D eigenvalue weighted by molar-refractivity contribution is -0.0594. The Kier molecular flexibility index (Phi) is 7.68. The first-order valence-corrected chi connectivity index (χ1v) is 14.0. The Balaban J connectivity index is 1.14. The van der Waals surface area contributed by atoms with Crippen molar-refractivity contribution in [3.63, 3.8) is 0 Å². The van der Waals surface area contributed by atoms with Crippen LogP contribution in [0.15, 0.2) is 54.6 Å². The highest BCUT2D eigenvalue weighted by Crippen LogP contribution is 2.34. The summed E-state index contributed by atoms with van der Waals surface area (Å²) in [4.78, 5) is 23.6. The number of fused-ring (bicyclic) bond motifs is 1. The van der Waals surface area contributed by atoms with Gasteiger partial charge in [-0.1, -0.05) is 6.07 Å². The molecule has 1 N–H and O–H groups in total. The highest BCUT2D eigenvalue weighted by Gasteiger charge is 2.30. The molecule has 0 radical (unpaired) electrons. The molecule has 0 saturated carbocycles. The van der Waals surface area contributed by atoms with Crippen LogP contribution < -0.4 is 4.74 Å². The van der Waals surface area contributed by atoms with Crippen molar-refractivity contribution in [1.82, 2.24) is 19.4 Å². The number of pyridine rings is 1. The zero-order valence-corrected chi connectivity index (χ0v) is 22.8. The van der Waals surface area contributed by atoms with E-state index in [0.717, 1.165) is 79.7 Å². The summed E-state index contributed by atoms with van der Waals surface area (Å²) < 4.78 is 41.0. The number of benzene rings is 2. The second kappa shape index (κ2) is 11.5. The Bertz CT molecular complexity index is 1560. The molecule has 0 amide bonds. The van der Waals surface area contributed by atoms with Crippen LogP contribution in [0.25, 0.3) is 11.0 Å². The number of piperidine rings is 1. The van der Waals surface area contributed by atoms with E-state index in [-0.39, 0.29) is 35.8 Å². The Morgan fingerprint density at radius 3 is 2.63 bits per heavy atom. The quantitative estimate of drug-likeness (QED) is 0.279. The van der Waals surface area contributed by atoms with Gasteiger partial charge >= 0.3 is 5.97 Å². The van der Waals surface area contributed by atoms with Crippen LogP contribution in [0.4, 0.5) is 8.78 Å². The van der Waals surface area contributed by atoms with Crippen molar-refractivity contribution in [1.29, 1.82) is 0 Å². The summed E-state index contributed by atoms with van der Waals surface area (Å²) in [6.45, 7) is 5.13. The second-order valence-electron chi connectivity index (χ2n) is 10.8. The predicted octanol–water partition coefficient (Wildman–Crippen LogP) is 5.72. The molecule has 4 aromatic rings. The number of aromatic nitrogens is 3. The molecule has 8 nitrogen and oxygen atoms in total. The highest BCUT2D eigenvalue weighted by molar-refractivity contribution is 5.92. The highest BCUT2D eigenvalue weighted by atomic mass is 19.1. The van der Waals surface area contributed by atoms with Crippen LogP contribution in [-0.2, 0) is 17.9 Å². The van der Waals surface area contributed by atoms with Crippen molar-refractivity contribution in [2.45, 2.75) is 57.4 Å². The lowest BCUT2D eigenvalue weighted by Crippen LogP contribution is -2.37. The molecule has 2 saturated heterocycles. The molecular formula is C31H32F2N4O4. The van der Waals surface area contributed by atoms with Gasteiger partial charge in [0.25, 0.3) is 0 Å². The first-order chi connectivity index (χ1) is 19.9. The van der Waals surface area contributed by atoms with Crippen LogP contribution in [0.1, 0.15) is 65.6 Å². The van der Waals surface area contributed by atoms with Crippen LogP contribution in [0.2, 0.25) is 0 Å². The summed E-state index contributed by atoms with van der Waals surface area (Å²) in [5.41, 5.74) is 2.91. The van der Waals surface area contributed by atoms with Crippen molar-refractivity contribution >= 4 is 17.0 Å². The molecule has 0 aliphatic carbocycles. The van der Waals surface area contributed by atoms with E-state index in [9.17, 15) is 18.7 Å². The van der Waals surface area contributed by atoms with Crippen molar-refractivity contribution in [2.75, 3.05) is 19.7 Å². The van der Waals surface area contributed by atoms with Crippen LogP contribution in [0.5, 0.6) is 5.88 Å². The maximum Gasteiger partial charge on any atom is 0.335 e. The summed E-state index contributed by atoms with van der Waals surface area (Å²) in [5.74, 6) is -0.442. The first-order valence-electron chi connectivity index (χ1n) is 14.0. The van der Waals surface area contributed by atoms with Gasteiger partial charge in [-0.15, -0.1) is 0 Å². The Hall–Kier alpha value is -3.89. The molecule has 2 fully saturated rings. The molecule has 41 heavy (non-hydrogen) atoms. The van der Waals surface area contributed by atoms with E-state index >= 15 is 0 Å². The molecule has 2 aliphatic rings. The number of carboxylic acid groups (broad SMARTS) is 1. The fraction of sp³-hybridized carbons (Fsp3) is 0.387. The van der Waals surface area contributed by atoms with Crippen LogP contribution in [0.3, 0.4) is 0 Å². The van der Waals surface area contributed by atoms with Crippen molar-refractivity contribution < 1.29 is 28.2 Å².